The van der Waals surface area contributed by atoms with Crippen LogP contribution in [0.2, 0.25) is 0 Å². The van der Waals surface area contributed by atoms with Gasteiger partial charge >= 0.3 is 0 Å². The monoisotopic (exact) mass is 643 g/mol. The molecule has 0 spiro atoms. The second-order valence-electron chi connectivity index (χ2n) is 12.5. The van der Waals surface area contributed by atoms with E-state index in [1.165, 1.54) is 53.2 Å². The first-order valence-electron chi connectivity index (χ1n) is 16.6. The zero-order chi connectivity index (χ0) is 32.3. The number of hydrogen-bond acceptors (Lipinski definition) is 3. The highest BCUT2D eigenvalue weighted by molar-refractivity contribution is 7.25. The molecule has 0 amide bonds. The smallest absolute Gasteiger partial charge is 0.136 e. The molecule has 10 aromatic rings. The Labute approximate surface area is 287 Å². The number of anilines is 3. The van der Waals surface area contributed by atoms with E-state index in [1.807, 2.05) is 23.5 Å². The topological polar surface area (TPSA) is 16.4 Å². The van der Waals surface area contributed by atoms with E-state index < -0.39 is 0 Å². The first-order chi connectivity index (χ1) is 24.3. The fraction of sp³-hybridized carbons (Fsp3) is 0. The molecule has 0 bridgehead atoms. The maximum absolute atomic E-state index is 6.21. The zero-order valence-corrected chi connectivity index (χ0v) is 27.3. The minimum absolute atomic E-state index is 0.916. The Bertz CT molecular complexity index is 2810. The second kappa shape index (κ2) is 11.2. The van der Waals surface area contributed by atoms with Gasteiger partial charge in [-0.2, -0.15) is 0 Å². The van der Waals surface area contributed by atoms with Gasteiger partial charge in [-0.15, -0.1) is 11.3 Å². The van der Waals surface area contributed by atoms with Crippen LogP contribution in [0.25, 0.3) is 75.1 Å². The molecule has 0 fully saturated rings. The minimum atomic E-state index is 0.916. The van der Waals surface area contributed by atoms with Gasteiger partial charge in [0.15, 0.2) is 0 Å². The van der Waals surface area contributed by atoms with Crippen LogP contribution in [0.3, 0.4) is 0 Å². The molecule has 49 heavy (non-hydrogen) atoms. The third kappa shape index (κ3) is 4.62. The van der Waals surface area contributed by atoms with Crippen molar-refractivity contribution >= 4 is 81.3 Å². The summed E-state index contributed by atoms with van der Waals surface area (Å²) >= 11 is 1.86. The number of furan rings is 1. The van der Waals surface area contributed by atoms with E-state index in [0.717, 1.165) is 39.0 Å². The lowest BCUT2D eigenvalue weighted by Gasteiger charge is -2.26. The van der Waals surface area contributed by atoms with Gasteiger partial charge in [0.2, 0.25) is 0 Å². The molecule has 0 atom stereocenters. The summed E-state index contributed by atoms with van der Waals surface area (Å²) in [6, 6.07) is 63.2. The number of thiophene rings is 1. The van der Waals surface area contributed by atoms with Gasteiger partial charge in [-0.05, 0) is 93.7 Å². The molecule has 2 aromatic heterocycles. The molecule has 0 saturated carbocycles. The molecule has 8 aromatic carbocycles. The van der Waals surface area contributed by atoms with Crippen molar-refractivity contribution in [3.8, 4) is 22.3 Å². The summed E-state index contributed by atoms with van der Waals surface area (Å²) in [6.45, 7) is 0. The van der Waals surface area contributed by atoms with Gasteiger partial charge in [-0.3, -0.25) is 0 Å². The Balaban J connectivity index is 1.11. The Kier molecular flexibility index (Phi) is 6.39. The minimum Gasteiger partial charge on any atom is -0.456 e. The third-order valence-corrected chi connectivity index (χ3v) is 10.8. The first kappa shape index (κ1) is 27.9. The zero-order valence-electron chi connectivity index (χ0n) is 26.5. The fourth-order valence-electron chi connectivity index (χ4n) is 7.37. The van der Waals surface area contributed by atoms with Crippen molar-refractivity contribution in [1.29, 1.82) is 0 Å². The van der Waals surface area contributed by atoms with E-state index in [4.69, 9.17) is 4.42 Å². The van der Waals surface area contributed by atoms with Crippen LogP contribution in [-0.4, -0.2) is 0 Å². The van der Waals surface area contributed by atoms with Crippen LogP contribution in [-0.2, 0) is 0 Å². The van der Waals surface area contributed by atoms with Crippen LogP contribution >= 0.6 is 11.3 Å². The Morgan fingerprint density at radius 2 is 1.04 bits per heavy atom. The van der Waals surface area contributed by atoms with Crippen molar-refractivity contribution < 1.29 is 4.42 Å². The van der Waals surface area contributed by atoms with E-state index in [9.17, 15) is 0 Å². The lowest BCUT2D eigenvalue weighted by Crippen LogP contribution is -2.09. The van der Waals surface area contributed by atoms with Gasteiger partial charge in [-0.1, -0.05) is 115 Å². The number of benzene rings is 8. The molecule has 0 aliphatic rings. The summed E-state index contributed by atoms with van der Waals surface area (Å²) in [6.07, 6.45) is 0. The van der Waals surface area contributed by atoms with Crippen LogP contribution in [0, 0.1) is 0 Å². The quantitative estimate of drug-likeness (QED) is 0.186. The van der Waals surface area contributed by atoms with E-state index in [-0.39, 0.29) is 0 Å². The largest absolute Gasteiger partial charge is 0.456 e. The molecule has 2 heterocycles. The van der Waals surface area contributed by atoms with E-state index >= 15 is 0 Å². The van der Waals surface area contributed by atoms with Crippen LogP contribution in [0.4, 0.5) is 17.1 Å². The Morgan fingerprint density at radius 1 is 0.388 bits per heavy atom. The molecule has 0 radical (unpaired) electrons. The number of para-hydroxylation sites is 1. The predicted octanol–water partition coefficient (Wildman–Crippen LogP) is 13.9. The molecule has 3 heteroatoms. The van der Waals surface area contributed by atoms with Crippen molar-refractivity contribution in [3.05, 3.63) is 176 Å². The van der Waals surface area contributed by atoms with Crippen molar-refractivity contribution in [2.75, 3.05) is 4.90 Å². The van der Waals surface area contributed by atoms with Crippen molar-refractivity contribution in [3.63, 3.8) is 0 Å². The van der Waals surface area contributed by atoms with E-state index in [2.05, 4.69) is 169 Å². The second-order valence-corrected chi connectivity index (χ2v) is 13.6. The van der Waals surface area contributed by atoms with Gasteiger partial charge in [-0.25, -0.2) is 0 Å². The van der Waals surface area contributed by atoms with Gasteiger partial charge in [0.1, 0.15) is 11.2 Å². The average Bonchev–Trinajstić information content (AvgIpc) is 3.75. The molecule has 230 valence electrons. The molecule has 2 nitrogen and oxygen atoms in total. The molecular weight excluding hydrogens is 615 g/mol. The molecule has 0 N–H and O–H groups in total. The molecule has 0 aliphatic heterocycles. The molecule has 0 aliphatic carbocycles. The molecule has 0 saturated heterocycles. The highest BCUT2D eigenvalue weighted by atomic mass is 32.1. The highest BCUT2D eigenvalue weighted by Gasteiger charge is 2.17. The number of fused-ring (bicyclic) bond motifs is 8. The van der Waals surface area contributed by atoms with Crippen LogP contribution in [0.1, 0.15) is 0 Å². The lowest BCUT2D eigenvalue weighted by atomic mass is 9.99. The van der Waals surface area contributed by atoms with Crippen LogP contribution in [0.15, 0.2) is 180 Å². The SMILES string of the molecule is c1ccc(-c2ccc(N(c3ccc(-c4cccc5sc6ccccc6c45)cc3)c3ccc4c(ccc5oc6ccccc6c54)c3)cc2)cc1. The third-order valence-electron chi connectivity index (χ3n) is 9.67. The van der Waals surface area contributed by atoms with Crippen molar-refractivity contribution in [2.45, 2.75) is 0 Å². The van der Waals surface area contributed by atoms with Gasteiger partial charge < -0.3 is 9.32 Å². The van der Waals surface area contributed by atoms with Crippen LogP contribution < -0.4 is 4.90 Å². The molecule has 0 unspecified atom stereocenters. The predicted molar refractivity (Wildman–Crippen MR) is 210 cm³/mol. The summed E-state index contributed by atoms with van der Waals surface area (Å²) in [5, 5.41) is 7.33. The van der Waals surface area contributed by atoms with Gasteiger partial charge in [0, 0.05) is 48.0 Å². The Morgan fingerprint density at radius 3 is 1.86 bits per heavy atom. The summed E-state index contributed by atoms with van der Waals surface area (Å²) in [5.41, 5.74) is 10.0. The van der Waals surface area contributed by atoms with E-state index in [0.29, 0.717) is 0 Å². The maximum Gasteiger partial charge on any atom is 0.136 e. The molecular formula is C46H29NOS. The normalized spacial score (nSPS) is 11.7. The summed E-state index contributed by atoms with van der Waals surface area (Å²) < 4.78 is 8.85. The lowest BCUT2D eigenvalue weighted by molar-refractivity contribution is 0.669. The fourth-order valence-corrected chi connectivity index (χ4v) is 8.50. The summed E-state index contributed by atoms with van der Waals surface area (Å²) in [5.74, 6) is 0. The van der Waals surface area contributed by atoms with Crippen molar-refractivity contribution in [2.24, 2.45) is 0 Å². The summed E-state index contributed by atoms with van der Waals surface area (Å²) in [7, 11) is 0. The Hall–Kier alpha value is -6.16. The van der Waals surface area contributed by atoms with Crippen LogP contribution in [0.5, 0.6) is 0 Å². The maximum atomic E-state index is 6.21. The number of nitrogens with zero attached hydrogens (tertiary/aromatic N) is 1. The number of hydrogen-bond donors (Lipinski definition) is 0. The standard InChI is InChI=1S/C46H29NOS/c1-2-9-30(10-3-1)31-17-22-34(23-18-31)47(36-26-27-38-33(29-36)21-28-42-45(38)39-11-4-6-14-41(39)48-42)35-24-19-32(20-25-35)37-13-8-16-44-46(37)40-12-5-7-15-43(40)49-44/h1-29H. The summed E-state index contributed by atoms with van der Waals surface area (Å²) in [4.78, 5) is 2.36. The van der Waals surface area contributed by atoms with Gasteiger partial charge in [0.05, 0.1) is 0 Å². The number of rotatable bonds is 5. The van der Waals surface area contributed by atoms with E-state index in [1.54, 1.807) is 0 Å². The van der Waals surface area contributed by atoms with Gasteiger partial charge in [0.25, 0.3) is 0 Å². The first-order valence-corrected chi connectivity index (χ1v) is 17.4. The molecule has 10 rings (SSSR count). The highest BCUT2D eigenvalue weighted by Crippen LogP contribution is 2.43. The average molecular weight is 644 g/mol. The van der Waals surface area contributed by atoms with Crippen molar-refractivity contribution in [1.82, 2.24) is 0 Å².